The van der Waals surface area contributed by atoms with Gasteiger partial charge in [-0.3, -0.25) is 4.79 Å². The first kappa shape index (κ1) is 21.3. The van der Waals surface area contributed by atoms with Crippen LogP contribution < -0.4 is 14.8 Å². The molecule has 164 valence electrons. The number of nitrogens with zero attached hydrogens (tertiary/aromatic N) is 2. The minimum Gasteiger partial charge on any atom is -0.487 e. The minimum absolute atomic E-state index is 0.0173. The lowest BCUT2D eigenvalue weighted by molar-refractivity contribution is -0.0502. The molecule has 0 saturated heterocycles. The summed E-state index contributed by atoms with van der Waals surface area (Å²) in [5.74, 6) is 0.242. The molecule has 4 rings (SSSR count). The summed E-state index contributed by atoms with van der Waals surface area (Å²) < 4.78 is 37.2. The Labute approximate surface area is 183 Å². The van der Waals surface area contributed by atoms with Crippen LogP contribution in [0.5, 0.6) is 11.5 Å². The lowest BCUT2D eigenvalue weighted by Gasteiger charge is -2.13. The Hall–Kier alpha value is -3.94. The molecule has 1 N–H and O–H groups in total. The number of ether oxygens (including phenoxy) is 2. The summed E-state index contributed by atoms with van der Waals surface area (Å²) in [6.45, 7) is 0.979. The Morgan fingerprint density at radius 1 is 1.06 bits per heavy atom. The van der Waals surface area contributed by atoms with E-state index in [1.165, 1.54) is 12.1 Å². The van der Waals surface area contributed by atoms with Crippen LogP contribution in [-0.4, -0.2) is 21.9 Å². The van der Waals surface area contributed by atoms with Crippen molar-refractivity contribution in [2.45, 2.75) is 27.1 Å². The molecule has 0 fully saturated rings. The monoisotopic (exact) mass is 437 g/mol. The van der Waals surface area contributed by atoms with Gasteiger partial charge in [-0.05, 0) is 61.9 Å². The second kappa shape index (κ2) is 9.05. The fraction of sp³-hybridized carbons (Fsp3) is 0.167. The highest BCUT2D eigenvalue weighted by Gasteiger charge is 2.13. The van der Waals surface area contributed by atoms with Gasteiger partial charge in [0.1, 0.15) is 23.8 Å². The first-order valence-corrected chi connectivity index (χ1v) is 9.92. The predicted octanol–water partition coefficient (Wildman–Crippen LogP) is 5.38. The lowest BCUT2D eigenvalue weighted by Crippen LogP contribution is -2.13. The van der Waals surface area contributed by atoms with Crippen LogP contribution in [-0.2, 0) is 6.61 Å². The number of rotatable bonds is 7. The molecule has 6 nitrogen and oxygen atoms in total. The van der Waals surface area contributed by atoms with E-state index in [1.54, 1.807) is 37.3 Å². The molecule has 0 saturated carbocycles. The zero-order valence-corrected chi connectivity index (χ0v) is 17.5. The SMILES string of the molecule is Cc1ccc2nc(COc3ccc(C(=O)Nc4cccc(OC(F)F)c4C)cc3)cn2c1. The molecule has 2 heterocycles. The van der Waals surface area contributed by atoms with Crippen molar-refractivity contribution in [2.24, 2.45) is 0 Å². The number of anilines is 1. The van der Waals surface area contributed by atoms with Crippen molar-refractivity contribution >= 4 is 17.2 Å². The van der Waals surface area contributed by atoms with E-state index in [0.717, 1.165) is 16.9 Å². The highest BCUT2D eigenvalue weighted by atomic mass is 19.3. The fourth-order valence-corrected chi connectivity index (χ4v) is 3.25. The van der Waals surface area contributed by atoms with Gasteiger partial charge in [0.05, 0.1) is 5.69 Å². The summed E-state index contributed by atoms with van der Waals surface area (Å²) in [6.07, 6.45) is 3.91. The van der Waals surface area contributed by atoms with Gasteiger partial charge in [-0.15, -0.1) is 0 Å². The van der Waals surface area contributed by atoms with Gasteiger partial charge in [0.2, 0.25) is 0 Å². The minimum atomic E-state index is -2.93. The summed E-state index contributed by atoms with van der Waals surface area (Å²) in [5, 5.41) is 2.72. The van der Waals surface area contributed by atoms with Crippen molar-refractivity contribution in [1.29, 1.82) is 0 Å². The van der Waals surface area contributed by atoms with Crippen LogP contribution in [0.25, 0.3) is 5.65 Å². The van der Waals surface area contributed by atoms with Gasteiger partial charge in [0.15, 0.2) is 0 Å². The smallest absolute Gasteiger partial charge is 0.387 e. The van der Waals surface area contributed by atoms with Crippen LogP contribution in [0.4, 0.5) is 14.5 Å². The summed E-state index contributed by atoms with van der Waals surface area (Å²) in [7, 11) is 0. The number of carbonyl (C=O) groups is 1. The molecule has 1 amide bonds. The third-order valence-corrected chi connectivity index (χ3v) is 4.90. The predicted molar refractivity (Wildman–Crippen MR) is 116 cm³/mol. The maximum atomic E-state index is 12.6. The average molecular weight is 437 g/mol. The number of benzene rings is 2. The average Bonchev–Trinajstić information content (AvgIpc) is 3.17. The summed E-state index contributed by atoms with van der Waals surface area (Å²) in [6, 6.07) is 15.2. The third-order valence-electron chi connectivity index (χ3n) is 4.90. The molecule has 0 spiro atoms. The van der Waals surface area contributed by atoms with E-state index in [9.17, 15) is 13.6 Å². The number of aryl methyl sites for hydroxylation is 1. The maximum Gasteiger partial charge on any atom is 0.387 e. The molecule has 0 aliphatic carbocycles. The molecule has 0 radical (unpaired) electrons. The maximum absolute atomic E-state index is 12.6. The summed E-state index contributed by atoms with van der Waals surface area (Å²) in [5.41, 5.74) is 4.00. The molecule has 2 aromatic carbocycles. The van der Waals surface area contributed by atoms with Crippen LogP contribution in [0.15, 0.2) is 67.0 Å². The number of nitrogens with one attached hydrogen (secondary N) is 1. The van der Waals surface area contributed by atoms with E-state index < -0.39 is 6.61 Å². The second-order valence-corrected chi connectivity index (χ2v) is 7.28. The quantitative estimate of drug-likeness (QED) is 0.421. The number of alkyl halides is 2. The molecule has 0 atom stereocenters. The molecule has 0 bridgehead atoms. The largest absolute Gasteiger partial charge is 0.487 e. The van der Waals surface area contributed by atoms with Crippen molar-refractivity contribution < 1.29 is 23.0 Å². The van der Waals surface area contributed by atoms with Crippen LogP contribution in [0, 0.1) is 13.8 Å². The number of hydrogen-bond donors (Lipinski definition) is 1. The molecular formula is C24H21F2N3O3. The van der Waals surface area contributed by atoms with Gasteiger partial charge >= 0.3 is 6.61 Å². The Bertz CT molecular complexity index is 1250. The first-order valence-electron chi connectivity index (χ1n) is 9.92. The molecule has 0 aliphatic rings. The zero-order chi connectivity index (χ0) is 22.7. The van der Waals surface area contributed by atoms with Crippen LogP contribution in [0.2, 0.25) is 0 Å². The van der Waals surface area contributed by atoms with E-state index in [4.69, 9.17) is 4.74 Å². The van der Waals surface area contributed by atoms with Crippen molar-refractivity contribution in [3.8, 4) is 11.5 Å². The van der Waals surface area contributed by atoms with Gasteiger partial charge in [0.25, 0.3) is 5.91 Å². The van der Waals surface area contributed by atoms with Gasteiger partial charge in [-0.1, -0.05) is 12.1 Å². The highest BCUT2D eigenvalue weighted by molar-refractivity contribution is 6.04. The van der Waals surface area contributed by atoms with Gasteiger partial charge in [-0.2, -0.15) is 8.78 Å². The molecule has 2 aromatic heterocycles. The van der Waals surface area contributed by atoms with Gasteiger partial charge in [0, 0.05) is 29.2 Å². The number of fused-ring (bicyclic) bond motifs is 1. The number of halogens is 2. The molecule has 4 aromatic rings. The van der Waals surface area contributed by atoms with E-state index in [0.29, 0.717) is 29.2 Å². The Morgan fingerprint density at radius 3 is 2.59 bits per heavy atom. The van der Waals surface area contributed by atoms with Crippen molar-refractivity contribution in [1.82, 2.24) is 9.38 Å². The van der Waals surface area contributed by atoms with Crippen LogP contribution in [0.3, 0.4) is 0 Å². The standard InChI is InChI=1S/C24H21F2N3O3/c1-15-6-11-22-27-18(13-29(22)12-15)14-31-19-9-7-17(8-10-19)23(30)28-20-4-3-5-21(16(20)2)32-24(25)26/h3-13,24H,14H2,1-2H3,(H,28,30). The number of hydrogen-bond acceptors (Lipinski definition) is 4. The molecule has 8 heteroatoms. The number of carbonyl (C=O) groups excluding carboxylic acids is 1. The Kier molecular flexibility index (Phi) is 6.02. The molecular weight excluding hydrogens is 416 g/mol. The second-order valence-electron chi connectivity index (χ2n) is 7.28. The van der Waals surface area contributed by atoms with E-state index in [1.807, 2.05) is 35.9 Å². The highest BCUT2D eigenvalue weighted by Crippen LogP contribution is 2.27. The fourth-order valence-electron chi connectivity index (χ4n) is 3.25. The molecule has 32 heavy (non-hydrogen) atoms. The van der Waals surface area contributed by atoms with Crippen LogP contribution >= 0.6 is 0 Å². The van der Waals surface area contributed by atoms with E-state index in [2.05, 4.69) is 15.0 Å². The van der Waals surface area contributed by atoms with E-state index in [-0.39, 0.29) is 11.7 Å². The van der Waals surface area contributed by atoms with Gasteiger partial charge in [-0.25, -0.2) is 4.98 Å². The van der Waals surface area contributed by atoms with Crippen LogP contribution in [0.1, 0.15) is 27.2 Å². The van der Waals surface area contributed by atoms with Crippen molar-refractivity contribution in [2.75, 3.05) is 5.32 Å². The Morgan fingerprint density at radius 2 is 1.84 bits per heavy atom. The normalized spacial score (nSPS) is 11.0. The van der Waals surface area contributed by atoms with E-state index >= 15 is 0 Å². The molecule has 0 aliphatic heterocycles. The lowest BCUT2D eigenvalue weighted by atomic mass is 10.1. The summed E-state index contributed by atoms with van der Waals surface area (Å²) in [4.78, 5) is 17.1. The topological polar surface area (TPSA) is 64.9 Å². The van der Waals surface area contributed by atoms with Crippen molar-refractivity contribution in [3.05, 3.63) is 89.4 Å². The van der Waals surface area contributed by atoms with Gasteiger partial charge < -0.3 is 19.2 Å². The molecule has 0 unspecified atom stereocenters. The van der Waals surface area contributed by atoms with Crippen molar-refractivity contribution in [3.63, 3.8) is 0 Å². The number of imidazole rings is 1. The summed E-state index contributed by atoms with van der Waals surface area (Å²) >= 11 is 0. The number of aromatic nitrogens is 2. The number of amides is 1. The third kappa shape index (κ3) is 4.85. The Balaban J connectivity index is 1.39. The first-order chi connectivity index (χ1) is 15.4. The number of pyridine rings is 1. The zero-order valence-electron chi connectivity index (χ0n) is 17.5.